The number of aldehydes is 1. The van der Waals surface area contributed by atoms with Gasteiger partial charge in [-0.25, -0.2) is 18.5 Å². The molecule has 0 fully saturated rings. The normalized spacial score (nSPS) is 11.6. The molecular weight excluding hydrogens is 406 g/mol. The first-order valence-corrected chi connectivity index (χ1v) is 10.4. The zero-order valence-electron chi connectivity index (χ0n) is 16.1. The molecule has 0 aliphatic heterocycles. The average molecular weight is 423 g/mol. The van der Waals surface area contributed by atoms with Crippen molar-refractivity contribution in [2.24, 2.45) is 5.14 Å². The molecule has 0 saturated carbocycles. The molecular formula is C21H17N3O5S. The number of carbonyl (C=O) groups excluding carboxylic acids is 1. The van der Waals surface area contributed by atoms with Crippen LogP contribution in [0.2, 0.25) is 0 Å². The van der Waals surface area contributed by atoms with Crippen LogP contribution >= 0.6 is 0 Å². The minimum Gasteiger partial charge on any atom is -0.445 e. The second-order valence-electron chi connectivity index (χ2n) is 6.76. The topological polar surface area (TPSA) is 129 Å². The van der Waals surface area contributed by atoms with Crippen LogP contribution in [-0.4, -0.2) is 24.8 Å². The lowest BCUT2D eigenvalue weighted by atomic mass is 9.91. The first kappa shape index (κ1) is 19.7. The highest BCUT2D eigenvalue weighted by molar-refractivity contribution is 7.89. The summed E-state index contributed by atoms with van der Waals surface area (Å²) in [4.78, 5) is 15.8. The fourth-order valence-electron chi connectivity index (χ4n) is 3.44. The number of hydrogen-bond acceptors (Lipinski definition) is 7. The summed E-state index contributed by atoms with van der Waals surface area (Å²) in [5, 5.41) is 9.52. The van der Waals surface area contributed by atoms with Crippen LogP contribution in [0, 0.1) is 13.8 Å². The third kappa shape index (κ3) is 3.34. The summed E-state index contributed by atoms with van der Waals surface area (Å²) in [6, 6.07) is 8.20. The van der Waals surface area contributed by atoms with Crippen molar-refractivity contribution in [3.63, 3.8) is 0 Å². The maximum Gasteiger partial charge on any atom is 0.239 e. The van der Waals surface area contributed by atoms with Crippen LogP contribution in [0.25, 0.3) is 33.8 Å². The first-order chi connectivity index (χ1) is 14.3. The van der Waals surface area contributed by atoms with E-state index in [2.05, 4.69) is 10.1 Å². The van der Waals surface area contributed by atoms with Gasteiger partial charge >= 0.3 is 0 Å². The fourth-order valence-corrected chi connectivity index (χ4v) is 4.46. The number of oxazole rings is 1. The van der Waals surface area contributed by atoms with Crippen molar-refractivity contribution in [1.29, 1.82) is 0 Å². The molecule has 2 heterocycles. The highest BCUT2D eigenvalue weighted by Crippen LogP contribution is 2.40. The van der Waals surface area contributed by atoms with Crippen LogP contribution < -0.4 is 5.14 Å². The Hall–Kier alpha value is -3.56. The van der Waals surface area contributed by atoms with Gasteiger partial charge in [-0.05, 0) is 48.7 Å². The van der Waals surface area contributed by atoms with Gasteiger partial charge in [-0.15, -0.1) is 0 Å². The molecule has 4 rings (SSSR count). The van der Waals surface area contributed by atoms with Gasteiger partial charge in [-0.2, -0.15) is 0 Å². The first-order valence-electron chi connectivity index (χ1n) is 8.88. The molecule has 0 atom stereocenters. The minimum atomic E-state index is -4.18. The Balaban J connectivity index is 2.06. The Morgan fingerprint density at radius 2 is 1.87 bits per heavy atom. The molecule has 30 heavy (non-hydrogen) atoms. The highest BCUT2D eigenvalue weighted by Gasteiger charge is 2.27. The number of primary sulfonamides is 1. The van der Waals surface area contributed by atoms with E-state index >= 15 is 0 Å². The summed E-state index contributed by atoms with van der Waals surface area (Å²) >= 11 is 0. The smallest absolute Gasteiger partial charge is 0.239 e. The van der Waals surface area contributed by atoms with Gasteiger partial charge in [0.1, 0.15) is 18.2 Å². The number of carbonyl (C=O) groups is 1. The van der Waals surface area contributed by atoms with Crippen LogP contribution in [0.3, 0.4) is 0 Å². The predicted octanol–water partition coefficient (Wildman–Crippen LogP) is 3.74. The molecule has 2 aromatic heterocycles. The van der Waals surface area contributed by atoms with E-state index in [0.29, 0.717) is 45.7 Å². The molecule has 2 N–H and O–H groups in total. The van der Waals surface area contributed by atoms with Crippen LogP contribution in [0.15, 0.2) is 62.9 Å². The van der Waals surface area contributed by atoms with Crippen LogP contribution in [0.1, 0.15) is 21.5 Å². The third-order valence-corrected chi connectivity index (χ3v) is 5.92. The number of nitrogens with two attached hydrogens (primary N) is 1. The van der Waals surface area contributed by atoms with E-state index in [0.717, 1.165) is 5.56 Å². The largest absolute Gasteiger partial charge is 0.445 e. The number of rotatable bonds is 5. The summed E-state index contributed by atoms with van der Waals surface area (Å²) < 4.78 is 35.5. The molecule has 0 aliphatic rings. The van der Waals surface area contributed by atoms with E-state index in [1.54, 1.807) is 37.3 Å². The number of benzene rings is 2. The van der Waals surface area contributed by atoms with Gasteiger partial charge in [0.05, 0.1) is 11.1 Å². The lowest BCUT2D eigenvalue weighted by Crippen LogP contribution is -2.16. The standard InChI is InChI=1S/C21H17N3O5S/c1-12-9-17(16-4-3-14(10-15(16)11-25)21-23-6-8-28-21)20(30(22,26)27)19(13(12)2)18-5-7-29-24-18/h3-11H,1-2H3,(H2,22,26,27). The number of aryl methyl sites for hydroxylation is 1. The highest BCUT2D eigenvalue weighted by atomic mass is 32.2. The zero-order valence-corrected chi connectivity index (χ0v) is 16.9. The van der Waals surface area contributed by atoms with Crippen molar-refractivity contribution >= 4 is 16.3 Å². The van der Waals surface area contributed by atoms with Crippen molar-refractivity contribution in [3.05, 3.63) is 65.7 Å². The monoisotopic (exact) mass is 423 g/mol. The van der Waals surface area contributed by atoms with Gasteiger partial charge in [0, 0.05) is 28.3 Å². The van der Waals surface area contributed by atoms with Crippen LogP contribution in [0.5, 0.6) is 0 Å². The molecule has 0 amide bonds. The Morgan fingerprint density at radius 1 is 1.07 bits per heavy atom. The number of nitrogens with zero attached hydrogens (tertiary/aromatic N) is 2. The summed E-state index contributed by atoms with van der Waals surface area (Å²) in [5.74, 6) is 0.347. The van der Waals surface area contributed by atoms with Gasteiger partial charge in [-0.1, -0.05) is 11.2 Å². The van der Waals surface area contributed by atoms with Gasteiger partial charge in [-0.3, -0.25) is 4.79 Å². The van der Waals surface area contributed by atoms with Crippen molar-refractivity contribution < 1.29 is 22.2 Å². The SMILES string of the molecule is Cc1cc(-c2ccc(-c3ncco3)cc2C=O)c(S(N)(=O)=O)c(-c2ccon2)c1C. The molecule has 4 aromatic rings. The number of aromatic nitrogens is 2. The van der Waals surface area contributed by atoms with Crippen molar-refractivity contribution in [3.8, 4) is 33.8 Å². The summed E-state index contributed by atoms with van der Waals surface area (Å²) in [5.41, 5.74) is 3.76. The Labute approximate surface area is 172 Å². The Bertz CT molecular complexity index is 1340. The molecule has 0 saturated heterocycles. The molecule has 0 spiro atoms. The Kier molecular flexibility index (Phi) is 4.84. The average Bonchev–Trinajstić information content (AvgIpc) is 3.42. The molecule has 0 aliphatic carbocycles. The van der Waals surface area contributed by atoms with E-state index in [1.165, 1.54) is 18.7 Å². The summed E-state index contributed by atoms with van der Waals surface area (Å²) in [6.07, 6.45) is 4.93. The zero-order chi connectivity index (χ0) is 21.5. The van der Waals surface area contributed by atoms with E-state index in [9.17, 15) is 13.2 Å². The second kappa shape index (κ2) is 7.36. The number of sulfonamides is 1. The lowest BCUT2D eigenvalue weighted by Gasteiger charge is -2.18. The lowest BCUT2D eigenvalue weighted by molar-refractivity contribution is 0.112. The second-order valence-corrected chi connectivity index (χ2v) is 8.26. The third-order valence-electron chi connectivity index (χ3n) is 4.93. The minimum absolute atomic E-state index is 0.119. The Morgan fingerprint density at radius 3 is 2.47 bits per heavy atom. The molecule has 9 heteroatoms. The van der Waals surface area contributed by atoms with Gasteiger partial charge in [0.25, 0.3) is 0 Å². The fraction of sp³-hybridized carbons (Fsp3) is 0.0952. The molecule has 8 nitrogen and oxygen atoms in total. The van der Waals surface area contributed by atoms with Gasteiger partial charge in [0.2, 0.25) is 15.9 Å². The number of hydrogen-bond donors (Lipinski definition) is 1. The van der Waals surface area contributed by atoms with E-state index in [-0.39, 0.29) is 10.5 Å². The quantitative estimate of drug-likeness (QED) is 0.484. The van der Waals surface area contributed by atoms with E-state index in [4.69, 9.17) is 14.1 Å². The molecule has 0 unspecified atom stereocenters. The van der Waals surface area contributed by atoms with E-state index in [1.807, 2.05) is 6.92 Å². The van der Waals surface area contributed by atoms with Gasteiger partial charge in [0.15, 0.2) is 6.29 Å². The summed E-state index contributed by atoms with van der Waals surface area (Å²) in [6.45, 7) is 3.63. The molecule has 152 valence electrons. The molecule has 0 radical (unpaired) electrons. The van der Waals surface area contributed by atoms with Crippen molar-refractivity contribution in [2.75, 3.05) is 0 Å². The maximum atomic E-state index is 12.7. The van der Waals surface area contributed by atoms with Crippen LogP contribution in [0.4, 0.5) is 0 Å². The van der Waals surface area contributed by atoms with Crippen molar-refractivity contribution in [2.45, 2.75) is 18.7 Å². The van der Waals surface area contributed by atoms with Gasteiger partial charge < -0.3 is 8.94 Å². The predicted molar refractivity (Wildman–Crippen MR) is 109 cm³/mol. The van der Waals surface area contributed by atoms with Crippen molar-refractivity contribution in [1.82, 2.24) is 10.1 Å². The van der Waals surface area contributed by atoms with Crippen LogP contribution in [-0.2, 0) is 10.0 Å². The van der Waals surface area contributed by atoms with E-state index < -0.39 is 10.0 Å². The molecule has 0 bridgehead atoms. The summed E-state index contributed by atoms with van der Waals surface area (Å²) in [7, 11) is -4.18. The molecule has 2 aromatic carbocycles. The maximum absolute atomic E-state index is 12.7.